The fourth-order valence-corrected chi connectivity index (χ4v) is 2.69. The van der Waals surface area contributed by atoms with Crippen molar-refractivity contribution in [2.24, 2.45) is 10.3 Å². The molecule has 0 bridgehead atoms. The molecule has 1 aromatic carbocycles. The largest absolute Gasteiger partial charge is 0.506 e. The predicted octanol–water partition coefficient (Wildman–Crippen LogP) is 1.66. The van der Waals surface area contributed by atoms with Crippen LogP contribution in [0, 0.1) is 5.92 Å². The van der Waals surface area contributed by atoms with Crippen molar-refractivity contribution < 1.29 is 18.3 Å². The van der Waals surface area contributed by atoms with E-state index in [0.29, 0.717) is 6.42 Å². The van der Waals surface area contributed by atoms with Gasteiger partial charge in [0.1, 0.15) is 12.1 Å². The highest BCUT2D eigenvalue weighted by atomic mass is 32.2. The van der Waals surface area contributed by atoms with Crippen LogP contribution in [0.2, 0.25) is 0 Å². The molecule has 0 spiro atoms. The van der Waals surface area contributed by atoms with Crippen molar-refractivity contribution in [1.29, 1.82) is 0 Å². The number of nitrogens with one attached hydrogen (secondary N) is 1. The van der Waals surface area contributed by atoms with Gasteiger partial charge in [-0.05, 0) is 18.6 Å². The second-order valence-electron chi connectivity index (χ2n) is 5.11. The monoisotopic (exact) mass is 327 g/mol. The molecule has 1 unspecified atom stereocenters. The van der Waals surface area contributed by atoms with Crippen LogP contribution in [-0.4, -0.2) is 44.8 Å². The first kappa shape index (κ1) is 18.0. The van der Waals surface area contributed by atoms with Gasteiger partial charge in [0, 0.05) is 20.0 Å². The number of nitrogens with zero attached hydrogens (tertiary/aromatic N) is 2. The van der Waals surface area contributed by atoms with Crippen LogP contribution in [-0.2, 0) is 14.8 Å². The lowest BCUT2D eigenvalue weighted by Crippen LogP contribution is -2.21. The van der Waals surface area contributed by atoms with E-state index in [1.165, 1.54) is 23.1 Å². The third kappa shape index (κ3) is 4.45. The Balaban J connectivity index is 3.28. The SMILES string of the molecule is CCC(C)C(=O)Nc1cccc(O)c1S(=O)(=O)N=CN(C)C. The number of hydrogen-bond acceptors (Lipinski definition) is 4. The van der Waals surface area contributed by atoms with Crippen molar-refractivity contribution in [1.82, 2.24) is 4.90 Å². The minimum atomic E-state index is -4.13. The van der Waals surface area contributed by atoms with Gasteiger partial charge in [-0.2, -0.15) is 8.42 Å². The smallest absolute Gasteiger partial charge is 0.289 e. The predicted molar refractivity (Wildman–Crippen MR) is 85.6 cm³/mol. The normalized spacial score (nSPS) is 13.1. The van der Waals surface area contributed by atoms with Crippen molar-refractivity contribution in [2.75, 3.05) is 19.4 Å². The van der Waals surface area contributed by atoms with E-state index in [0.717, 1.165) is 6.34 Å². The molecule has 7 nitrogen and oxygen atoms in total. The molecule has 0 fully saturated rings. The number of sulfonamides is 1. The van der Waals surface area contributed by atoms with E-state index in [4.69, 9.17) is 0 Å². The fourth-order valence-electron chi connectivity index (χ4n) is 1.54. The van der Waals surface area contributed by atoms with Crippen LogP contribution in [0.3, 0.4) is 0 Å². The van der Waals surface area contributed by atoms with Crippen LogP contribution in [0.4, 0.5) is 5.69 Å². The van der Waals surface area contributed by atoms with Gasteiger partial charge in [0.25, 0.3) is 10.0 Å². The number of phenolic OH excluding ortho intramolecular Hbond substituents is 1. The second-order valence-corrected chi connectivity index (χ2v) is 6.68. The molecular weight excluding hydrogens is 306 g/mol. The fraction of sp³-hybridized carbons (Fsp3) is 0.429. The molecule has 0 heterocycles. The number of amides is 1. The molecule has 1 amide bonds. The Morgan fingerprint density at radius 2 is 2.09 bits per heavy atom. The molecular formula is C14H21N3O4S. The summed E-state index contributed by atoms with van der Waals surface area (Å²) in [4.78, 5) is 13.0. The zero-order valence-corrected chi connectivity index (χ0v) is 13.9. The molecule has 8 heteroatoms. The number of phenols is 1. The number of carbonyl (C=O) groups is 1. The minimum Gasteiger partial charge on any atom is -0.506 e. The summed E-state index contributed by atoms with van der Waals surface area (Å²) in [7, 11) is -0.891. The Morgan fingerprint density at radius 3 is 2.64 bits per heavy atom. The van der Waals surface area contributed by atoms with Gasteiger partial charge in [-0.25, -0.2) is 0 Å². The zero-order chi connectivity index (χ0) is 16.9. The van der Waals surface area contributed by atoms with Gasteiger partial charge in [0.15, 0.2) is 4.90 Å². The van der Waals surface area contributed by atoms with Crippen LogP contribution in [0.25, 0.3) is 0 Å². The third-order valence-corrected chi connectivity index (χ3v) is 4.30. The van der Waals surface area contributed by atoms with Crippen LogP contribution < -0.4 is 5.32 Å². The number of aromatic hydroxyl groups is 1. The number of benzene rings is 1. The van der Waals surface area contributed by atoms with Crippen molar-refractivity contribution in [2.45, 2.75) is 25.2 Å². The van der Waals surface area contributed by atoms with E-state index in [9.17, 15) is 18.3 Å². The van der Waals surface area contributed by atoms with Gasteiger partial charge in [-0.1, -0.05) is 19.9 Å². The topological polar surface area (TPSA) is 99.1 Å². The average Bonchev–Trinajstić information content (AvgIpc) is 2.44. The molecule has 1 aromatic rings. The zero-order valence-electron chi connectivity index (χ0n) is 13.1. The van der Waals surface area contributed by atoms with Gasteiger partial charge in [-0.15, -0.1) is 4.40 Å². The maximum Gasteiger partial charge on any atom is 0.289 e. The maximum absolute atomic E-state index is 12.3. The standard InChI is InChI=1S/C14H21N3O4S/c1-5-10(2)14(19)16-11-7-6-8-12(18)13(11)22(20,21)15-9-17(3)4/h6-10,18H,5H2,1-4H3,(H,16,19). The molecule has 0 radical (unpaired) electrons. The highest BCUT2D eigenvalue weighted by Crippen LogP contribution is 2.32. The summed E-state index contributed by atoms with van der Waals surface area (Å²) in [5.74, 6) is -1.05. The summed E-state index contributed by atoms with van der Waals surface area (Å²) in [6, 6.07) is 4.10. The average molecular weight is 327 g/mol. The Kier molecular flexibility index (Phi) is 5.92. The van der Waals surface area contributed by atoms with E-state index in [2.05, 4.69) is 9.71 Å². The van der Waals surface area contributed by atoms with Crippen molar-refractivity contribution in [3.63, 3.8) is 0 Å². The molecule has 22 heavy (non-hydrogen) atoms. The first-order valence-corrected chi connectivity index (χ1v) is 8.22. The lowest BCUT2D eigenvalue weighted by atomic mass is 10.1. The van der Waals surface area contributed by atoms with E-state index in [-0.39, 0.29) is 17.5 Å². The lowest BCUT2D eigenvalue weighted by molar-refractivity contribution is -0.119. The van der Waals surface area contributed by atoms with E-state index >= 15 is 0 Å². The van der Waals surface area contributed by atoms with Crippen molar-refractivity contribution in [3.05, 3.63) is 18.2 Å². The molecule has 1 rings (SSSR count). The van der Waals surface area contributed by atoms with Crippen molar-refractivity contribution >= 4 is 28.0 Å². The summed E-state index contributed by atoms with van der Waals surface area (Å²) in [5, 5.41) is 12.4. The third-order valence-electron chi connectivity index (χ3n) is 2.99. The Morgan fingerprint density at radius 1 is 1.45 bits per heavy atom. The number of carbonyl (C=O) groups excluding carboxylic acids is 1. The van der Waals surface area contributed by atoms with Gasteiger partial charge in [-0.3, -0.25) is 4.79 Å². The first-order chi connectivity index (χ1) is 10.2. The van der Waals surface area contributed by atoms with E-state index in [1.807, 2.05) is 6.92 Å². The minimum absolute atomic E-state index is 0.0150. The molecule has 0 saturated heterocycles. The number of rotatable bonds is 6. The molecule has 122 valence electrons. The summed E-state index contributed by atoms with van der Waals surface area (Å²) in [6.07, 6.45) is 1.73. The van der Waals surface area contributed by atoms with Gasteiger partial charge in [0.05, 0.1) is 5.69 Å². The second kappa shape index (κ2) is 7.26. The number of anilines is 1. The molecule has 0 aliphatic carbocycles. The molecule has 0 aliphatic heterocycles. The maximum atomic E-state index is 12.3. The van der Waals surface area contributed by atoms with Crippen molar-refractivity contribution in [3.8, 4) is 5.75 Å². The molecule has 0 aliphatic rings. The summed E-state index contributed by atoms with van der Waals surface area (Å²) in [5.41, 5.74) is 0.0150. The highest BCUT2D eigenvalue weighted by molar-refractivity contribution is 7.90. The van der Waals surface area contributed by atoms with Crippen LogP contribution in [0.15, 0.2) is 27.5 Å². The quantitative estimate of drug-likeness (QED) is 0.611. The van der Waals surface area contributed by atoms with Crippen LogP contribution in [0.1, 0.15) is 20.3 Å². The summed E-state index contributed by atoms with van der Waals surface area (Å²) >= 11 is 0. The van der Waals surface area contributed by atoms with Gasteiger partial charge < -0.3 is 15.3 Å². The molecule has 1 atom stereocenters. The lowest BCUT2D eigenvalue weighted by Gasteiger charge is -2.14. The Hall–Kier alpha value is -2.09. The molecule has 2 N–H and O–H groups in total. The summed E-state index contributed by atoms with van der Waals surface area (Å²) in [6.45, 7) is 3.59. The Labute approximate surface area is 130 Å². The van der Waals surface area contributed by atoms with E-state index in [1.54, 1.807) is 21.0 Å². The van der Waals surface area contributed by atoms with Crippen LogP contribution >= 0.6 is 0 Å². The Bertz CT molecular complexity index is 669. The first-order valence-electron chi connectivity index (χ1n) is 6.78. The van der Waals surface area contributed by atoms with Gasteiger partial charge >= 0.3 is 0 Å². The van der Waals surface area contributed by atoms with Crippen LogP contribution in [0.5, 0.6) is 5.75 Å². The van der Waals surface area contributed by atoms with E-state index < -0.39 is 20.7 Å². The van der Waals surface area contributed by atoms with Gasteiger partial charge in [0.2, 0.25) is 5.91 Å². The highest BCUT2D eigenvalue weighted by Gasteiger charge is 2.24. The summed E-state index contributed by atoms with van der Waals surface area (Å²) < 4.78 is 28.0. The molecule has 0 aromatic heterocycles. The molecule has 0 saturated carbocycles. The number of hydrogen-bond donors (Lipinski definition) is 2.